The van der Waals surface area contributed by atoms with E-state index in [0.717, 1.165) is 37.8 Å². The molecule has 132 valence electrons. The maximum Gasteiger partial charge on any atom is 0.416 e. The van der Waals surface area contributed by atoms with E-state index in [9.17, 15) is 18.0 Å². The summed E-state index contributed by atoms with van der Waals surface area (Å²) in [6.07, 6.45) is 1.14. The Morgan fingerprint density at radius 2 is 1.88 bits per heavy atom. The number of carbonyl (C=O) groups is 1. The Morgan fingerprint density at radius 1 is 1.12 bits per heavy atom. The van der Waals surface area contributed by atoms with Gasteiger partial charge in [-0.15, -0.1) is 0 Å². The summed E-state index contributed by atoms with van der Waals surface area (Å²) >= 11 is 0. The Balaban J connectivity index is 1.80. The van der Waals surface area contributed by atoms with Crippen LogP contribution < -0.4 is 10.6 Å². The Hall–Kier alpha value is -2.57. The maximum atomic E-state index is 12.8. The first-order chi connectivity index (χ1) is 11.9. The molecule has 0 bridgehead atoms. The smallest absolute Gasteiger partial charge is 0.349 e. The van der Waals surface area contributed by atoms with Crippen molar-refractivity contribution in [1.82, 2.24) is 10.3 Å². The minimum absolute atomic E-state index is 0.147. The second kappa shape index (κ2) is 7.13. The van der Waals surface area contributed by atoms with Crippen LogP contribution in [0.15, 0.2) is 42.6 Å². The highest BCUT2D eigenvalue weighted by molar-refractivity contribution is 5.99. The van der Waals surface area contributed by atoms with E-state index in [-0.39, 0.29) is 23.5 Å². The van der Waals surface area contributed by atoms with Crippen LogP contribution in [0.25, 0.3) is 0 Å². The summed E-state index contributed by atoms with van der Waals surface area (Å²) in [5.74, 6) is -0.0354. The Labute approximate surface area is 143 Å². The van der Waals surface area contributed by atoms with Crippen LogP contribution in [-0.2, 0) is 6.18 Å². The van der Waals surface area contributed by atoms with Gasteiger partial charge in [-0.25, -0.2) is 4.98 Å². The van der Waals surface area contributed by atoms with Gasteiger partial charge in [0.05, 0.1) is 11.1 Å². The van der Waals surface area contributed by atoms with Crippen LogP contribution in [0.5, 0.6) is 0 Å². The van der Waals surface area contributed by atoms with Crippen LogP contribution >= 0.6 is 0 Å². The van der Waals surface area contributed by atoms with Gasteiger partial charge in [-0.05, 0) is 43.2 Å². The molecule has 1 aliphatic carbocycles. The Bertz CT molecular complexity index is 755. The van der Waals surface area contributed by atoms with Crippen LogP contribution in [0, 0.1) is 0 Å². The maximum absolute atomic E-state index is 12.8. The van der Waals surface area contributed by atoms with Crippen LogP contribution in [0.3, 0.4) is 0 Å². The summed E-state index contributed by atoms with van der Waals surface area (Å²) in [7, 11) is 0. The van der Waals surface area contributed by atoms with E-state index in [1.807, 2.05) is 0 Å². The molecule has 25 heavy (non-hydrogen) atoms. The van der Waals surface area contributed by atoms with Crippen molar-refractivity contribution in [3.05, 3.63) is 53.7 Å². The monoisotopic (exact) mass is 349 g/mol. The third kappa shape index (κ3) is 4.29. The highest BCUT2D eigenvalue weighted by Gasteiger charge is 2.30. The largest absolute Gasteiger partial charge is 0.416 e. The van der Waals surface area contributed by atoms with Crippen LogP contribution in [0.2, 0.25) is 0 Å². The van der Waals surface area contributed by atoms with Gasteiger partial charge in [-0.1, -0.05) is 18.9 Å². The van der Waals surface area contributed by atoms with Gasteiger partial charge in [0.1, 0.15) is 5.82 Å². The lowest BCUT2D eigenvalue weighted by Gasteiger charge is -2.15. The average molecular weight is 349 g/mol. The van der Waals surface area contributed by atoms with E-state index >= 15 is 0 Å². The number of rotatable bonds is 4. The number of alkyl halides is 3. The molecule has 0 aliphatic heterocycles. The molecule has 2 N–H and O–H groups in total. The predicted octanol–water partition coefficient (Wildman–Crippen LogP) is 4.52. The molecule has 0 spiro atoms. The van der Waals surface area contributed by atoms with Gasteiger partial charge < -0.3 is 10.6 Å². The zero-order chi connectivity index (χ0) is 17.9. The molecule has 1 amide bonds. The molecule has 7 heteroatoms. The van der Waals surface area contributed by atoms with E-state index in [4.69, 9.17) is 0 Å². The van der Waals surface area contributed by atoms with Crippen molar-refractivity contribution in [2.75, 3.05) is 5.32 Å². The zero-order valence-electron chi connectivity index (χ0n) is 13.4. The van der Waals surface area contributed by atoms with E-state index in [0.29, 0.717) is 5.56 Å². The number of carbonyl (C=O) groups excluding carboxylic acids is 1. The summed E-state index contributed by atoms with van der Waals surface area (Å²) < 4.78 is 38.5. The fraction of sp³-hybridized carbons (Fsp3) is 0.333. The van der Waals surface area contributed by atoms with Crippen LogP contribution in [0.4, 0.5) is 24.7 Å². The summed E-state index contributed by atoms with van der Waals surface area (Å²) in [6, 6.07) is 8.18. The summed E-state index contributed by atoms with van der Waals surface area (Å²) in [5.41, 5.74) is -0.222. The molecule has 1 heterocycles. The molecule has 2 aromatic rings. The molecule has 1 aromatic heterocycles. The lowest BCUT2D eigenvalue weighted by Crippen LogP contribution is -2.33. The van der Waals surface area contributed by atoms with Gasteiger partial charge in [-0.2, -0.15) is 13.2 Å². The molecule has 3 rings (SSSR count). The van der Waals surface area contributed by atoms with Gasteiger partial charge in [0, 0.05) is 17.9 Å². The fourth-order valence-corrected chi connectivity index (χ4v) is 2.93. The molecule has 0 saturated heterocycles. The van der Waals surface area contributed by atoms with Crippen molar-refractivity contribution in [1.29, 1.82) is 0 Å². The van der Waals surface area contributed by atoms with Gasteiger partial charge in [0.15, 0.2) is 0 Å². The van der Waals surface area contributed by atoms with Crippen molar-refractivity contribution in [2.24, 2.45) is 0 Å². The van der Waals surface area contributed by atoms with E-state index in [2.05, 4.69) is 15.6 Å². The quantitative estimate of drug-likeness (QED) is 0.853. The highest BCUT2D eigenvalue weighted by atomic mass is 19.4. The predicted molar refractivity (Wildman–Crippen MR) is 88.7 cm³/mol. The first-order valence-electron chi connectivity index (χ1n) is 8.13. The molecular weight excluding hydrogens is 331 g/mol. The minimum Gasteiger partial charge on any atom is -0.349 e. The van der Waals surface area contributed by atoms with Crippen LogP contribution in [0.1, 0.15) is 41.6 Å². The molecule has 0 atom stereocenters. The number of pyridine rings is 1. The fourth-order valence-electron chi connectivity index (χ4n) is 2.93. The number of nitrogens with zero attached hydrogens (tertiary/aromatic N) is 1. The zero-order valence-corrected chi connectivity index (χ0v) is 13.4. The third-order valence-electron chi connectivity index (χ3n) is 4.20. The summed E-state index contributed by atoms with van der Waals surface area (Å²) in [5, 5.41) is 5.78. The molecule has 1 aromatic carbocycles. The highest BCUT2D eigenvalue weighted by Crippen LogP contribution is 2.31. The molecule has 4 nitrogen and oxygen atoms in total. The first-order valence-corrected chi connectivity index (χ1v) is 8.13. The number of benzene rings is 1. The second-order valence-corrected chi connectivity index (χ2v) is 6.06. The van der Waals surface area contributed by atoms with Gasteiger partial charge in [-0.3, -0.25) is 4.79 Å². The number of hydrogen-bond donors (Lipinski definition) is 2. The number of nitrogens with one attached hydrogen (secondary N) is 2. The molecule has 1 fully saturated rings. The molecular formula is C18H18F3N3O. The lowest BCUT2D eigenvalue weighted by atomic mass is 10.1. The van der Waals surface area contributed by atoms with E-state index < -0.39 is 11.7 Å². The number of hydrogen-bond acceptors (Lipinski definition) is 3. The van der Waals surface area contributed by atoms with Crippen molar-refractivity contribution in [2.45, 2.75) is 37.9 Å². The SMILES string of the molecule is O=C(NC1CCCC1)c1cccnc1Nc1cccc(C(F)(F)F)c1. The molecule has 1 aliphatic rings. The average Bonchev–Trinajstić information content (AvgIpc) is 3.08. The first kappa shape index (κ1) is 17.3. The molecule has 0 radical (unpaired) electrons. The molecule has 1 saturated carbocycles. The summed E-state index contributed by atoms with van der Waals surface area (Å²) in [4.78, 5) is 16.6. The van der Waals surface area contributed by atoms with Crippen LogP contribution in [-0.4, -0.2) is 16.9 Å². The van der Waals surface area contributed by atoms with Gasteiger partial charge in [0.2, 0.25) is 0 Å². The normalized spacial score (nSPS) is 15.2. The topological polar surface area (TPSA) is 54.0 Å². The van der Waals surface area contributed by atoms with Gasteiger partial charge >= 0.3 is 6.18 Å². The Morgan fingerprint density at radius 3 is 2.60 bits per heavy atom. The van der Waals surface area contributed by atoms with E-state index in [1.54, 1.807) is 12.1 Å². The van der Waals surface area contributed by atoms with Crippen molar-refractivity contribution in [3.63, 3.8) is 0 Å². The Kier molecular flexibility index (Phi) is 4.92. The third-order valence-corrected chi connectivity index (χ3v) is 4.20. The number of halogens is 3. The van der Waals surface area contributed by atoms with E-state index in [1.165, 1.54) is 18.3 Å². The van der Waals surface area contributed by atoms with Crippen molar-refractivity contribution in [3.8, 4) is 0 Å². The standard InChI is InChI=1S/C18H18F3N3O/c19-18(20,21)12-5-3-8-14(11-12)23-16-15(9-4-10-22-16)17(25)24-13-6-1-2-7-13/h3-5,8-11,13H,1-2,6-7H2,(H,22,23)(H,24,25). The van der Waals surface area contributed by atoms with Crippen molar-refractivity contribution >= 4 is 17.4 Å². The number of aromatic nitrogens is 1. The van der Waals surface area contributed by atoms with Crippen molar-refractivity contribution < 1.29 is 18.0 Å². The minimum atomic E-state index is -4.43. The number of anilines is 2. The molecule has 0 unspecified atom stereocenters. The number of amides is 1. The lowest BCUT2D eigenvalue weighted by molar-refractivity contribution is -0.137. The van der Waals surface area contributed by atoms with Gasteiger partial charge in [0.25, 0.3) is 5.91 Å². The second-order valence-electron chi connectivity index (χ2n) is 6.06. The summed E-state index contributed by atoms with van der Waals surface area (Å²) in [6.45, 7) is 0.